The Bertz CT molecular complexity index is 388. The Kier molecular flexibility index (Phi) is 4.01. The number of esters is 1. The summed E-state index contributed by atoms with van der Waals surface area (Å²) in [7, 11) is 1.18. The summed E-state index contributed by atoms with van der Waals surface area (Å²) in [6.07, 6.45) is 0. The number of methoxy groups -OCH3 is 1. The number of hydrogen-bond acceptors (Lipinski definition) is 5. The van der Waals surface area contributed by atoms with E-state index in [-0.39, 0.29) is 5.69 Å². The highest BCUT2D eigenvalue weighted by Gasteiger charge is 2.22. The van der Waals surface area contributed by atoms with Gasteiger partial charge in [0.05, 0.1) is 13.7 Å². The minimum atomic E-state index is -1.07. The zero-order valence-electron chi connectivity index (χ0n) is 8.98. The molecule has 1 aromatic rings. The molecule has 0 aliphatic carbocycles. The highest BCUT2D eigenvalue weighted by molar-refractivity contribution is 5.95. The van der Waals surface area contributed by atoms with Crippen molar-refractivity contribution in [3.63, 3.8) is 0 Å². The molecule has 0 radical (unpaired) electrons. The van der Waals surface area contributed by atoms with Gasteiger partial charge in [-0.15, -0.1) is 0 Å². The van der Waals surface area contributed by atoms with E-state index in [1.807, 2.05) is 0 Å². The van der Waals surface area contributed by atoms with Gasteiger partial charge in [0, 0.05) is 5.69 Å². The van der Waals surface area contributed by atoms with Crippen LogP contribution in [0.15, 0.2) is 6.07 Å². The molecule has 3 N–H and O–H groups in total. The number of H-pyrrole nitrogens is 1. The maximum atomic E-state index is 11.5. The number of hydrogen-bond donors (Lipinski definition) is 3. The van der Waals surface area contributed by atoms with E-state index in [9.17, 15) is 9.59 Å². The minimum Gasteiger partial charge on any atom is -0.467 e. The lowest BCUT2D eigenvalue weighted by molar-refractivity contribution is -0.143. The number of nitrogens with zero attached hydrogens (tertiary/aromatic N) is 1. The molecule has 0 saturated heterocycles. The van der Waals surface area contributed by atoms with Gasteiger partial charge in [-0.2, -0.15) is 5.10 Å². The summed E-state index contributed by atoms with van der Waals surface area (Å²) in [4.78, 5) is 22.6. The predicted octanol–water partition coefficient (Wildman–Crippen LogP) is -1.02. The average molecular weight is 227 g/mol. The van der Waals surface area contributed by atoms with Gasteiger partial charge in [-0.25, -0.2) is 4.79 Å². The minimum absolute atomic E-state index is 0.153. The Hall–Kier alpha value is -1.89. The SMILES string of the molecule is COC(=O)C(CO)NC(=O)c1cc(C)[nH]n1. The summed E-state index contributed by atoms with van der Waals surface area (Å²) in [5.41, 5.74) is 0.878. The number of nitrogens with one attached hydrogen (secondary N) is 2. The molecule has 0 fully saturated rings. The van der Waals surface area contributed by atoms with Crippen molar-refractivity contribution in [2.24, 2.45) is 0 Å². The van der Waals surface area contributed by atoms with E-state index in [0.29, 0.717) is 0 Å². The van der Waals surface area contributed by atoms with Crippen LogP contribution in [0.4, 0.5) is 0 Å². The number of aromatic amines is 1. The van der Waals surface area contributed by atoms with Crippen LogP contribution < -0.4 is 5.32 Å². The summed E-state index contributed by atoms with van der Waals surface area (Å²) in [5.74, 6) is -1.25. The van der Waals surface area contributed by atoms with Crippen LogP contribution in [-0.2, 0) is 9.53 Å². The molecule has 1 aromatic heterocycles. The molecule has 16 heavy (non-hydrogen) atoms. The lowest BCUT2D eigenvalue weighted by atomic mass is 10.3. The van der Waals surface area contributed by atoms with Crippen molar-refractivity contribution in [2.45, 2.75) is 13.0 Å². The maximum Gasteiger partial charge on any atom is 0.330 e. The summed E-state index contributed by atoms with van der Waals surface area (Å²) < 4.78 is 4.40. The second-order valence-corrected chi connectivity index (χ2v) is 3.17. The third-order valence-electron chi connectivity index (χ3n) is 1.91. The molecule has 0 saturated carbocycles. The van der Waals surface area contributed by atoms with Crippen molar-refractivity contribution in [3.05, 3.63) is 17.5 Å². The fourth-order valence-electron chi connectivity index (χ4n) is 1.09. The van der Waals surface area contributed by atoms with Crippen molar-refractivity contribution < 1.29 is 19.4 Å². The van der Waals surface area contributed by atoms with E-state index in [4.69, 9.17) is 5.11 Å². The van der Waals surface area contributed by atoms with Gasteiger partial charge >= 0.3 is 5.97 Å². The van der Waals surface area contributed by atoms with Crippen LogP contribution in [0.2, 0.25) is 0 Å². The average Bonchev–Trinajstić information content (AvgIpc) is 2.71. The van der Waals surface area contributed by atoms with Crippen molar-refractivity contribution in [1.82, 2.24) is 15.5 Å². The number of aryl methyl sites for hydroxylation is 1. The van der Waals surface area contributed by atoms with Crippen LogP contribution in [0.5, 0.6) is 0 Å². The summed E-state index contributed by atoms with van der Waals surface area (Å²) in [6, 6.07) is 0.454. The van der Waals surface area contributed by atoms with Crippen molar-refractivity contribution in [3.8, 4) is 0 Å². The summed E-state index contributed by atoms with van der Waals surface area (Å²) in [5, 5.41) is 17.5. The predicted molar refractivity (Wildman–Crippen MR) is 53.7 cm³/mol. The fourth-order valence-corrected chi connectivity index (χ4v) is 1.09. The molecule has 1 atom stereocenters. The van der Waals surface area contributed by atoms with Crippen LogP contribution in [0.1, 0.15) is 16.2 Å². The van der Waals surface area contributed by atoms with E-state index in [1.165, 1.54) is 13.2 Å². The Morgan fingerprint density at radius 2 is 2.38 bits per heavy atom. The molecule has 0 spiro atoms. The third kappa shape index (κ3) is 2.80. The zero-order chi connectivity index (χ0) is 12.1. The lowest BCUT2D eigenvalue weighted by Crippen LogP contribution is -2.44. The summed E-state index contributed by atoms with van der Waals surface area (Å²) in [6.45, 7) is 1.22. The highest BCUT2D eigenvalue weighted by Crippen LogP contribution is 1.98. The molecule has 0 aromatic carbocycles. The number of aromatic nitrogens is 2. The van der Waals surface area contributed by atoms with E-state index >= 15 is 0 Å². The van der Waals surface area contributed by atoms with Crippen LogP contribution in [0.3, 0.4) is 0 Å². The van der Waals surface area contributed by atoms with E-state index < -0.39 is 24.5 Å². The van der Waals surface area contributed by atoms with Crippen molar-refractivity contribution in [2.75, 3.05) is 13.7 Å². The second-order valence-electron chi connectivity index (χ2n) is 3.17. The number of aliphatic hydroxyl groups excluding tert-OH is 1. The van der Waals surface area contributed by atoms with Crippen molar-refractivity contribution >= 4 is 11.9 Å². The Balaban J connectivity index is 2.66. The first-order valence-electron chi connectivity index (χ1n) is 4.60. The highest BCUT2D eigenvalue weighted by atomic mass is 16.5. The first-order valence-corrected chi connectivity index (χ1v) is 4.60. The smallest absolute Gasteiger partial charge is 0.330 e. The number of amides is 1. The van der Waals surface area contributed by atoms with Gasteiger partial charge in [-0.1, -0.05) is 0 Å². The normalized spacial score (nSPS) is 11.9. The van der Waals surface area contributed by atoms with Gasteiger partial charge < -0.3 is 15.2 Å². The zero-order valence-corrected chi connectivity index (χ0v) is 8.98. The topological polar surface area (TPSA) is 104 Å². The molecule has 1 unspecified atom stereocenters. The molecular weight excluding hydrogens is 214 g/mol. The second kappa shape index (κ2) is 5.26. The number of aliphatic hydroxyl groups is 1. The Labute approximate surface area is 91.8 Å². The molecule has 1 amide bonds. The monoisotopic (exact) mass is 227 g/mol. The third-order valence-corrected chi connectivity index (χ3v) is 1.91. The van der Waals surface area contributed by atoms with Gasteiger partial charge in [0.2, 0.25) is 0 Å². The summed E-state index contributed by atoms with van der Waals surface area (Å²) >= 11 is 0. The Morgan fingerprint density at radius 3 is 2.81 bits per heavy atom. The molecule has 1 rings (SSSR count). The number of carbonyl (C=O) groups excluding carboxylic acids is 2. The first-order chi connectivity index (χ1) is 7.58. The van der Waals surface area contributed by atoms with Gasteiger partial charge in [-0.3, -0.25) is 9.89 Å². The molecule has 7 heteroatoms. The van der Waals surface area contributed by atoms with Gasteiger partial charge in [0.15, 0.2) is 6.04 Å². The van der Waals surface area contributed by atoms with Crippen molar-refractivity contribution in [1.29, 1.82) is 0 Å². The number of rotatable bonds is 4. The largest absolute Gasteiger partial charge is 0.467 e. The number of ether oxygens (including phenoxy) is 1. The van der Waals surface area contributed by atoms with Crippen LogP contribution in [-0.4, -0.2) is 46.9 Å². The maximum absolute atomic E-state index is 11.5. The fraction of sp³-hybridized carbons (Fsp3) is 0.444. The van der Waals surface area contributed by atoms with Crippen LogP contribution in [0.25, 0.3) is 0 Å². The number of carbonyl (C=O) groups is 2. The molecule has 7 nitrogen and oxygen atoms in total. The quantitative estimate of drug-likeness (QED) is 0.571. The first kappa shape index (κ1) is 12.2. The van der Waals surface area contributed by atoms with Gasteiger partial charge in [0.1, 0.15) is 5.69 Å². The van der Waals surface area contributed by atoms with E-state index in [2.05, 4.69) is 20.3 Å². The van der Waals surface area contributed by atoms with Crippen LogP contribution >= 0.6 is 0 Å². The molecule has 0 aliphatic rings. The standard InChI is InChI=1S/C9H13N3O4/c1-5-3-6(12-11-5)8(14)10-7(4-13)9(15)16-2/h3,7,13H,4H2,1-2H3,(H,10,14)(H,11,12). The van der Waals surface area contributed by atoms with E-state index in [0.717, 1.165) is 5.69 Å². The van der Waals surface area contributed by atoms with E-state index in [1.54, 1.807) is 6.92 Å². The molecule has 88 valence electrons. The lowest BCUT2D eigenvalue weighted by Gasteiger charge is -2.12. The van der Waals surface area contributed by atoms with Gasteiger partial charge in [-0.05, 0) is 13.0 Å². The molecule has 0 bridgehead atoms. The molecule has 1 heterocycles. The Morgan fingerprint density at radius 1 is 1.69 bits per heavy atom. The molecule has 0 aliphatic heterocycles. The molecular formula is C9H13N3O4. The van der Waals surface area contributed by atoms with Gasteiger partial charge in [0.25, 0.3) is 5.91 Å². The van der Waals surface area contributed by atoms with Crippen LogP contribution in [0, 0.1) is 6.92 Å².